The minimum Gasteiger partial charge on any atom is -0.232 e. The van der Waals surface area contributed by atoms with Crippen molar-refractivity contribution >= 4 is 21.7 Å². The van der Waals surface area contributed by atoms with Crippen LogP contribution in [0.2, 0.25) is 0 Å². The maximum atomic E-state index is 13.4. The highest BCUT2D eigenvalue weighted by atomic mass is 19.4. The summed E-state index contributed by atoms with van der Waals surface area (Å²) in [6.07, 6.45) is -4.50. The van der Waals surface area contributed by atoms with Gasteiger partial charge in [-0.15, -0.1) is 0 Å². The Morgan fingerprint density at radius 1 is 0.739 bits per heavy atom. The highest BCUT2D eigenvalue weighted by Crippen LogP contribution is 2.37. The van der Waals surface area contributed by atoms with E-state index in [1.807, 2.05) is 30.3 Å². The molecular weight excluding hydrogens is 301 g/mol. The van der Waals surface area contributed by atoms with Gasteiger partial charge in [-0.25, -0.2) is 4.68 Å². The molecule has 2 nitrogen and oxygen atoms in total. The first-order valence-electron chi connectivity index (χ1n) is 7.09. The number of fused-ring (bicyclic) bond motifs is 3. The monoisotopic (exact) mass is 312 g/mol. The minimum atomic E-state index is -4.50. The molecule has 23 heavy (non-hydrogen) atoms. The fourth-order valence-corrected chi connectivity index (χ4v) is 2.84. The van der Waals surface area contributed by atoms with Crippen molar-refractivity contribution in [3.63, 3.8) is 0 Å². The number of hydrogen-bond acceptors (Lipinski definition) is 1. The summed E-state index contributed by atoms with van der Waals surface area (Å²) in [4.78, 5) is 0. The highest BCUT2D eigenvalue weighted by Gasteiger charge is 2.37. The zero-order chi connectivity index (χ0) is 16.0. The van der Waals surface area contributed by atoms with Crippen molar-refractivity contribution in [2.24, 2.45) is 0 Å². The molecule has 0 saturated carbocycles. The van der Waals surface area contributed by atoms with Gasteiger partial charge in [0, 0.05) is 10.8 Å². The van der Waals surface area contributed by atoms with Gasteiger partial charge in [0.05, 0.1) is 11.2 Å². The number of rotatable bonds is 1. The predicted molar refractivity (Wildman–Crippen MR) is 83.6 cm³/mol. The minimum absolute atomic E-state index is 0.111. The molecule has 0 spiro atoms. The molecule has 0 amide bonds. The van der Waals surface area contributed by atoms with Crippen molar-refractivity contribution in [3.8, 4) is 5.69 Å². The lowest BCUT2D eigenvalue weighted by atomic mass is 10.1. The van der Waals surface area contributed by atoms with Crippen LogP contribution in [0, 0.1) is 0 Å². The Hall–Kier alpha value is -2.82. The van der Waals surface area contributed by atoms with E-state index in [2.05, 4.69) is 5.10 Å². The first-order valence-corrected chi connectivity index (χ1v) is 7.09. The molecule has 0 aliphatic rings. The van der Waals surface area contributed by atoms with E-state index in [0.717, 1.165) is 10.8 Å². The number of hydrogen-bond donors (Lipinski definition) is 0. The number of alkyl halides is 3. The van der Waals surface area contributed by atoms with E-state index >= 15 is 0 Å². The molecule has 0 N–H and O–H groups in total. The standard InChI is InChI=1S/C18H11F3N2/c19-18(20,21)17-15-11-10-12-6-4-5-9-14(12)16(15)23(22-17)13-7-2-1-3-8-13/h1-11H. The number of benzene rings is 3. The van der Waals surface area contributed by atoms with Crippen LogP contribution in [0.15, 0.2) is 66.7 Å². The van der Waals surface area contributed by atoms with E-state index in [9.17, 15) is 13.2 Å². The molecule has 3 aromatic carbocycles. The molecule has 4 rings (SSSR count). The van der Waals surface area contributed by atoms with Crippen molar-refractivity contribution in [2.45, 2.75) is 6.18 Å². The van der Waals surface area contributed by atoms with E-state index in [4.69, 9.17) is 0 Å². The summed E-state index contributed by atoms with van der Waals surface area (Å²) in [7, 11) is 0. The van der Waals surface area contributed by atoms with Gasteiger partial charge in [-0.3, -0.25) is 0 Å². The van der Waals surface area contributed by atoms with Crippen molar-refractivity contribution < 1.29 is 13.2 Å². The fraction of sp³-hybridized carbons (Fsp3) is 0.0556. The fourth-order valence-electron chi connectivity index (χ4n) is 2.84. The Kier molecular flexibility index (Phi) is 2.91. The molecular formula is C18H11F3N2. The Balaban J connectivity index is 2.19. The molecule has 1 aromatic heterocycles. The quantitative estimate of drug-likeness (QED) is 0.472. The molecule has 0 radical (unpaired) electrons. The maximum Gasteiger partial charge on any atom is 0.435 e. The second-order valence-corrected chi connectivity index (χ2v) is 5.28. The normalized spacial score (nSPS) is 12.1. The van der Waals surface area contributed by atoms with Gasteiger partial charge in [0.1, 0.15) is 0 Å². The lowest BCUT2D eigenvalue weighted by molar-refractivity contribution is -0.140. The van der Waals surface area contributed by atoms with Crippen molar-refractivity contribution in [1.82, 2.24) is 9.78 Å². The number of halogens is 3. The largest absolute Gasteiger partial charge is 0.435 e. The van der Waals surface area contributed by atoms with Gasteiger partial charge in [-0.1, -0.05) is 48.5 Å². The Morgan fingerprint density at radius 3 is 2.17 bits per heavy atom. The SMILES string of the molecule is FC(F)(F)c1nn(-c2ccccc2)c2c1ccc1ccccc12. The van der Waals surface area contributed by atoms with Crippen LogP contribution >= 0.6 is 0 Å². The summed E-state index contributed by atoms with van der Waals surface area (Å²) in [6.45, 7) is 0. The molecule has 114 valence electrons. The van der Waals surface area contributed by atoms with E-state index in [0.29, 0.717) is 11.2 Å². The van der Waals surface area contributed by atoms with Crippen LogP contribution in [0.3, 0.4) is 0 Å². The van der Waals surface area contributed by atoms with Gasteiger partial charge in [0.25, 0.3) is 0 Å². The third kappa shape index (κ3) is 2.16. The van der Waals surface area contributed by atoms with Crippen LogP contribution in [0.25, 0.3) is 27.4 Å². The summed E-state index contributed by atoms with van der Waals surface area (Å²) in [5, 5.41) is 5.61. The average molecular weight is 312 g/mol. The lowest BCUT2D eigenvalue weighted by Crippen LogP contribution is -2.07. The molecule has 0 fully saturated rings. The number of para-hydroxylation sites is 1. The molecule has 0 atom stereocenters. The highest BCUT2D eigenvalue weighted by molar-refractivity contribution is 6.07. The maximum absolute atomic E-state index is 13.4. The van der Waals surface area contributed by atoms with Gasteiger partial charge < -0.3 is 0 Å². The molecule has 1 heterocycles. The molecule has 0 bridgehead atoms. The van der Waals surface area contributed by atoms with E-state index in [-0.39, 0.29) is 5.39 Å². The van der Waals surface area contributed by atoms with Gasteiger partial charge in [-0.05, 0) is 23.6 Å². The second kappa shape index (κ2) is 4.84. The van der Waals surface area contributed by atoms with Crippen molar-refractivity contribution in [1.29, 1.82) is 0 Å². The molecule has 0 aliphatic carbocycles. The van der Waals surface area contributed by atoms with Crippen LogP contribution in [-0.2, 0) is 6.18 Å². The van der Waals surface area contributed by atoms with Crippen molar-refractivity contribution in [2.75, 3.05) is 0 Å². The molecule has 0 aliphatic heterocycles. The smallest absolute Gasteiger partial charge is 0.232 e. The summed E-state index contributed by atoms with van der Waals surface area (Å²) in [6, 6.07) is 19.4. The summed E-state index contributed by atoms with van der Waals surface area (Å²) in [5.74, 6) is 0. The number of aromatic nitrogens is 2. The van der Waals surface area contributed by atoms with Gasteiger partial charge in [-0.2, -0.15) is 18.3 Å². The van der Waals surface area contributed by atoms with Gasteiger partial charge in [0.15, 0.2) is 5.69 Å². The van der Waals surface area contributed by atoms with Gasteiger partial charge in [0.2, 0.25) is 0 Å². The summed E-state index contributed by atoms with van der Waals surface area (Å²) in [5.41, 5.74) is 0.216. The zero-order valence-electron chi connectivity index (χ0n) is 11.9. The first-order chi connectivity index (χ1) is 11.1. The van der Waals surface area contributed by atoms with Crippen LogP contribution in [0.4, 0.5) is 13.2 Å². The van der Waals surface area contributed by atoms with Crippen LogP contribution in [0.5, 0.6) is 0 Å². The van der Waals surface area contributed by atoms with E-state index in [1.54, 1.807) is 30.3 Å². The molecule has 4 aromatic rings. The predicted octanol–water partition coefficient (Wildman–Crippen LogP) is 5.20. The zero-order valence-corrected chi connectivity index (χ0v) is 11.9. The van der Waals surface area contributed by atoms with Crippen LogP contribution in [0.1, 0.15) is 5.69 Å². The summed E-state index contributed by atoms with van der Waals surface area (Å²) >= 11 is 0. The van der Waals surface area contributed by atoms with E-state index < -0.39 is 11.9 Å². The lowest BCUT2D eigenvalue weighted by Gasteiger charge is -2.05. The molecule has 5 heteroatoms. The third-order valence-corrected chi connectivity index (χ3v) is 3.84. The first kappa shape index (κ1) is 13.8. The molecule has 0 unspecified atom stereocenters. The van der Waals surface area contributed by atoms with E-state index in [1.165, 1.54) is 10.7 Å². The Morgan fingerprint density at radius 2 is 1.43 bits per heavy atom. The topological polar surface area (TPSA) is 17.8 Å². The van der Waals surface area contributed by atoms with Crippen molar-refractivity contribution in [3.05, 3.63) is 72.4 Å². The Bertz CT molecular complexity index is 1000. The average Bonchev–Trinajstić information content (AvgIpc) is 2.96. The van der Waals surface area contributed by atoms with Crippen LogP contribution in [-0.4, -0.2) is 9.78 Å². The third-order valence-electron chi connectivity index (χ3n) is 3.84. The van der Waals surface area contributed by atoms with Crippen LogP contribution < -0.4 is 0 Å². The number of nitrogens with zero attached hydrogens (tertiary/aromatic N) is 2. The second-order valence-electron chi connectivity index (χ2n) is 5.28. The Labute approximate surface area is 129 Å². The molecule has 0 saturated heterocycles. The summed E-state index contributed by atoms with van der Waals surface area (Å²) < 4.78 is 41.5. The van der Waals surface area contributed by atoms with Gasteiger partial charge >= 0.3 is 6.18 Å².